The number of imidazole rings is 1. The molecule has 2 N–H and O–H groups in total. The first-order valence-corrected chi connectivity index (χ1v) is 6.96. The highest BCUT2D eigenvalue weighted by atomic mass is 16.5. The average Bonchev–Trinajstić information content (AvgIpc) is 2.97. The topological polar surface area (TPSA) is 49.9 Å². The lowest BCUT2D eigenvalue weighted by molar-refractivity contribution is -0.0157. The van der Waals surface area contributed by atoms with Crippen LogP contribution in [0.4, 0.5) is 0 Å². The Labute approximate surface area is 110 Å². The zero-order valence-electron chi connectivity index (χ0n) is 11.8. The van der Waals surface area contributed by atoms with Crippen LogP contribution in [0.25, 0.3) is 0 Å². The van der Waals surface area contributed by atoms with Gasteiger partial charge in [0.05, 0.1) is 0 Å². The molecule has 102 valence electrons. The molecule has 2 rings (SSSR count). The van der Waals surface area contributed by atoms with Gasteiger partial charge in [0, 0.05) is 25.5 Å². The highest BCUT2D eigenvalue weighted by molar-refractivity contribution is 5.10. The van der Waals surface area contributed by atoms with Crippen molar-refractivity contribution in [2.24, 2.45) is 5.92 Å². The average molecular weight is 251 g/mol. The molecule has 0 saturated heterocycles. The zero-order chi connectivity index (χ0) is 13.0. The van der Waals surface area contributed by atoms with Gasteiger partial charge in [0.1, 0.15) is 11.4 Å². The maximum atomic E-state index is 5.73. The summed E-state index contributed by atoms with van der Waals surface area (Å²) in [6.45, 7) is 6.31. The molecule has 4 heteroatoms. The Morgan fingerprint density at radius 1 is 1.44 bits per heavy atom. The Morgan fingerprint density at radius 3 is 2.78 bits per heavy atom. The van der Waals surface area contributed by atoms with E-state index in [2.05, 4.69) is 29.1 Å². The number of nitrogens with zero attached hydrogens (tertiary/aromatic N) is 1. The fourth-order valence-corrected chi connectivity index (χ4v) is 2.66. The lowest BCUT2D eigenvalue weighted by Crippen LogP contribution is -2.26. The molecule has 0 radical (unpaired) electrons. The van der Waals surface area contributed by atoms with Gasteiger partial charge < -0.3 is 15.0 Å². The summed E-state index contributed by atoms with van der Waals surface area (Å²) in [5.41, 5.74) is 0.991. The minimum Gasteiger partial charge on any atom is -0.370 e. The monoisotopic (exact) mass is 251 g/mol. The van der Waals surface area contributed by atoms with E-state index in [0.717, 1.165) is 37.4 Å². The van der Waals surface area contributed by atoms with Gasteiger partial charge in [0.2, 0.25) is 0 Å². The summed E-state index contributed by atoms with van der Waals surface area (Å²) < 4.78 is 5.73. The molecular formula is C14H25N3O. The first-order valence-electron chi connectivity index (χ1n) is 6.96. The van der Waals surface area contributed by atoms with Crippen LogP contribution in [0.1, 0.15) is 51.0 Å². The van der Waals surface area contributed by atoms with E-state index in [0.29, 0.717) is 5.92 Å². The Morgan fingerprint density at radius 2 is 2.17 bits per heavy atom. The van der Waals surface area contributed by atoms with Gasteiger partial charge in [-0.25, -0.2) is 4.98 Å². The van der Waals surface area contributed by atoms with Crippen molar-refractivity contribution in [1.29, 1.82) is 0 Å². The molecule has 1 aliphatic rings. The molecule has 4 nitrogen and oxygen atoms in total. The predicted octanol–water partition coefficient (Wildman–Crippen LogP) is 2.57. The number of rotatable bonds is 6. The van der Waals surface area contributed by atoms with Crippen molar-refractivity contribution >= 4 is 0 Å². The van der Waals surface area contributed by atoms with E-state index >= 15 is 0 Å². The maximum absolute atomic E-state index is 5.73. The second-order valence-corrected chi connectivity index (χ2v) is 5.69. The third-order valence-corrected chi connectivity index (χ3v) is 3.73. The molecule has 1 saturated carbocycles. The van der Waals surface area contributed by atoms with Crippen LogP contribution < -0.4 is 5.32 Å². The molecule has 0 atom stereocenters. The first-order chi connectivity index (χ1) is 8.66. The quantitative estimate of drug-likeness (QED) is 0.817. The predicted molar refractivity (Wildman–Crippen MR) is 72.3 cm³/mol. The standard InChI is InChI=1S/C14H25N3O/c1-11(2)8-15-9-12-10-16-13(17-12)14(18-3)6-4-5-7-14/h10-11,15H,4-9H2,1-3H3,(H,16,17). The minimum atomic E-state index is -0.156. The summed E-state index contributed by atoms with van der Waals surface area (Å²) in [6.07, 6.45) is 6.55. The van der Waals surface area contributed by atoms with Crippen LogP contribution in [-0.4, -0.2) is 23.6 Å². The molecule has 1 aromatic rings. The summed E-state index contributed by atoms with van der Waals surface area (Å²) >= 11 is 0. The van der Waals surface area contributed by atoms with Gasteiger partial charge in [0.15, 0.2) is 0 Å². The van der Waals surface area contributed by atoms with E-state index in [1.165, 1.54) is 12.8 Å². The van der Waals surface area contributed by atoms with Crippen molar-refractivity contribution in [3.63, 3.8) is 0 Å². The normalized spacial score (nSPS) is 18.7. The van der Waals surface area contributed by atoms with E-state index in [9.17, 15) is 0 Å². The number of hydrogen-bond acceptors (Lipinski definition) is 3. The van der Waals surface area contributed by atoms with Crippen molar-refractivity contribution in [1.82, 2.24) is 15.3 Å². The van der Waals surface area contributed by atoms with Crippen molar-refractivity contribution in [2.75, 3.05) is 13.7 Å². The van der Waals surface area contributed by atoms with Crippen LogP contribution in [0.2, 0.25) is 0 Å². The van der Waals surface area contributed by atoms with Crippen LogP contribution in [0.5, 0.6) is 0 Å². The molecule has 0 unspecified atom stereocenters. The number of methoxy groups -OCH3 is 1. The highest BCUT2D eigenvalue weighted by Gasteiger charge is 2.38. The Kier molecular flexibility index (Phi) is 4.40. The Bertz CT molecular complexity index is 367. The molecular weight excluding hydrogens is 226 g/mol. The smallest absolute Gasteiger partial charge is 0.138 e. The number of aromatic nitrogens is 2. The van der Waals surface area contributed by atoms with Crippen molar-refractivity contribution in [3.05, 3.63) is 17.7 Å². The molecule has 1 heterocycles. The van der Waals surface area contributed by atoms with Crippen LogP contribution in [0.3, 0.4) is 0 Å². The van der Waals surface area contributed by atoms with E-state index in [-0.39, 0.29) is 5.60 Å². The van der Waals surface area contributed by atoms with Crippen LogP contribution in [0, 0.1) is 5.92 Å². The van der Waals surface area contributed by atoms with E-state index in [1.54, 1.807) is 7.11 Å². The first kappa shape index (κ1) is 13.6. The van der Waals surface area contributed by atoms with Gasteiger partial charge in [-0.15, -0.1) is 0 Å². The van der Waals surface area contributed by atoms with Crippen molar-refractivity contribution < 1.29 is 4.74 Å². The number of aromatic amines is 1. The number of nitrogens with one attached hydrogen (secondary N) is 2. The van der Waals surface area contributed by atoms with E-state index < -0.39 is 0 Å². The second-order valence-electron chi connectivity index (χ2n) is 5.69. The van der Waals surface area contributed by atoms with Crippen LogP contribution in [-0.2, 0) is 16.9 Å². The molecule has 1 fully saturated rings. The highest BCUT2D eigenvalue weighted by Crippen LogP contribution is 2.39. The van der Waals surface area contributed by atoms with Gasteiger partial charge in [-0.3, -0.25) is 0 Å². The molecule has 0 amide bonds. The Hall–Kier alpha value is -0.870. The third-order valence-electron chi connectivity index (χ3n) is 3.73. The Balaban J connectivity index is 1.96. The molecule has 0 aliphatic heterocycles. The van der Waals surface area contributed by atoms with Gasteiger partial charge in [0.25, 0.3) is 0 Å². The van der Waals surface area contributed by atoms with E-state index in [1.807, 2.05) is 6.20 Å². The van der Waals surface area contributed by atoms with Crippen molar-refractivity contribution in [3.8, 4) is 0 Å². The molecule has 0 spiro atoms. The van der Waals surface area contributed by atoms with Gasteiger partial charge in [-0.2, -0.15) is 0 Å². The summed E-state index contributed by atoms with van der Waals surface area (Å²) in [6, 6.07) is 0. The molecule has 18 heavy (non-hydrogen) atoms. The zero-order valence-corrected chi connectivity index (χ0v) is 11.8. The summed E-state index contributed by atoms with van der Waals surface area (Å²) in [4.78, 5) is 7.94. The van der Waals surface area contributed by atoms with Crippen LogP contribution in [0.15, 0.2) is 6.20 Å². The van der Waals surface area contributed by atoms with Gasteiger partial charge in [-0.05, 0) is 38.1 Å². The lowest BCUT2D eigenvalue weighted by Gasteiger charge is -2.24. The summed E-state index contributed by atoms with van der Waals surface area (Å²) in [5.74, 6) is 1.68. The molecule has 1 aromatic heterocycles. The van der Waals surface area contributed by atoms with Gasteiger partial charge in [-0.1, -0.05) is 13.8 Å². The van der Waals surface area contributed by atoms with E-state index in [4.69, 9.17) is 4.74 Å². The summed E-state index contributed by atoms with van der Waals surface area (Å²) in [5, 5.41) is 3.42. The van der Waals surface area contributed by atoms with Crippen molar-refractivity contribution in [2.45, 2.75) is 51.7 Å². The fourth-order valence-electron chi connectivity index (χ4n) is 2.66. The lowest BCUT2D eigenvalue weighted by atomic mass is 10.0. The SMILES string of the molecule is COC1(c2ncc(CNCC(C)C)[nH]2)CCCC1. The fraction of sp³-hybridized carbons (Fsp3) is 0.786. The summed E-state index contributed by atoms with van der Waals surface area (Å²) in [7, 11) is 1.80. The minimum absolute atomic E-state index is 0.156. The molecule has 0 aromatic carbocycles. The molecule has 0 bridgehead atoms. The third kappa shape index (κ3) is 2.93. The largest absolute Gasteiger partial charge is 0.370 e. The van der Waals surface area contributed by atoms with Crippen LogP contribution >= 0.6 is 0 Å². The number of H-pyrrole nitrogens is 1. The maximum Gasteiger partial charge on any atom is 0.138 e. The second kappa shape index (κ2) is 5.85. The number of hydrogen-bond donors (Lipinski definition) is 2. The van der Waals surface area contributed by atoms with Gasteiger partial charge >= 0.3 is 0 Å². The number of ether oxygens (including phenoxy) is 1. The molecule has 1 aliphatic carbocycles.